The van der Waals surface area contributed by atoms with Crippen molar-refractivity contribution in [2.75, 3.05) is 24.7 Å². The molecule has 3 atom stereocenters. The number of phenols is 2. The Hall–Kier alpha value is -1.44. The molecule has 2 saturated heterocycles. The number of esters is 1. The Balaban J connectivity index is 1.30. The van der Waals surface area contributed by atoms with Gasteiger partial charge in [0, 0.05) is 6.61 Å². The van der Waals surface area contributed by atoms with Gasteiger partial charge in [0.25, 0.3) is 0 Å². The summed E-state index contributed by atoms with van der Waals surface area (Å²) in [5, 5.41) is 18.7. The Labute approximate surface area is 145 Å². The van der Waals surface area contributed by atoms with Crippen LogP contribution in [0.3, 0.4) is 0 Å². The molecule has 0 saturated carbocycles. The third-order valence-electron chi connectivity index (χ3n) is 4.22. The number of hydrogen-bond acceptors (Lipinski definition) is 7. The van der Waals surface area contributed by atoms with Crippen LogP contribution in [0.4, 0.5) is 0 Å². The molecule has 7 heteroatoms. The van der Waals surface area contributed by atoms with Crippen LogP contribution in [0.15, 0.2) is 18.2 Å². The van der Waals surface area contributed by atoms with Crippen LogP contribution >= 0.6 is 11.8 Å². The molecule has 24 heavy (non-hydrogen) atoms. The van der Waals surface area contributed by atoms with Gasteiger partial charge in [0.15, 0.2) is 17.6 Å². The molecule has 6 nitrogen and oxygen atoms in total. The first-order valence-corrected chi connectivity index (χ1v) is 9.30. The number of aromatic hydroxyl groups is 2. The fourth-order valence-electron chi connectivity index (χ4n) is 2.99. The molecule has 3 rings (SSSR count). The van der Waals surface area contributed by atoms with Crippen LogP contribution in [-0.2, 0) is 25.4 Å². The lowest BCUT2D eigenvalue weighted by atomic mass is 10.1. The van der Waals surface area contributed by atoms with Gasteiger partial charge in [0.05, 0.1) is 18.5 Å². The van der Waals surface area contributed by atoms with Crippen molar-refractivity contribution >= 4 is 17.7 Å². The van der Waals surface area contributed by atoms with Gasteiger partial charge in [-0.15, -0.1) is 0 Å². The zero-order valence-corrected chi connectivity index (χ0v) is 14.2. The van der Waals surface area contributed by atoms with Gasteiger partial charge in [0.2, 0.25) is 0 Å². The molecule has 2 heterocycles. The van der Waals surface area contributed by atoms with Crippen molar-refractivity contribution < 1.29 is 29.2 Å². The number of rotatable bonds is 7. The minimum absolute atomic E-state index is 0.0807. The van der Waals surface area contributed by atoms with E-state index in [2.05, 4.69) is 0 Å². The molecule has 0 aromatic heterocycles. The molecule has 2 aliphatic heterocycles. The second kappa shape index (κ2) is 8.09. The maximum Gasteiger partial charge on any atom is 0.316 e. The van der Waals surface area contributed by atoms with E-state index in [-0.39, 0.29) is 35.8 Å². The minimum Gasteiger partial charge on any atom is -0.504 e. The molecule has 0 aliphatic carbocycles. The summed E-state index contributed by atoms with van der Waals surface area (Å²) in [5.41, 5.74) is 0.959. The summed E-state index contributed by atoms with van der Waals surface area (Å²) in [5.74, 6) is 0.692. The summed E-state index contributed by atoms with van der Waals surface area (Å²) in [6.45, 7) is 1.10. The van der Waals surface area contributed by atoms with E-state index in [4.69, 9.17) is 14.2 Å². The Bertz CT molecular complexity index is 578. The number of thioether (sulfide) groups is 1. The maximum absolute atomic E-state index is 11.9. The number of phenolic OH excluding ortho intramolecular Hbond substituents is 2. The molecule has 0 amide bonds. The lowest BCUT2D eigenvalue weighted by Crippen LogP contribution is -2.32. The molecule has 3 unspecified atom stereocenters. The standard InChI is InChI=1S/C17H22O6S/c18-12-4-3-11(8-13(12)19)2-1-7-24-10-16(20)23-15-9-22-14-5-6-21-17(14)15/h3-4,8,14-15,17-19H,1-2,5-7,9-10H2. The second-order valence-electron chi connectivity index (χ2n) is 6.00. The number of carbonyl (C=O) groups is 1. The fourth-order valence-corrected chi connectivity index (χ4v) is 3.72. The highest BCUT2D eigenvalue weighted by Crippen LogP contribution is 2.28. The van der Waals surface area contributed by atoms with Gasteiger partial charge in [-0.3, -0.25) is 4.79 Å². The van der Waals surface area contributed by atoms with Crippen LogP contribution in [0, 0.1) is 0 Å². The predicted molar refractivity (Wildman–Crippen MR) is 89.4 cm³/mol. The molecule has 2 fully saturated rings. The summed E-state index contributed by atoms with van der Waals surface area (Å²) in [6.07, 6.45) is 2.25. The smallest absolute Gasteiger partial charge is 0.316 e. The number of benzene rings is 1. The van der Waals surface area contributed by atoms with E-state index in [9.17, 15) is 15.0 Å². The predicted octanol–water partition coefficient (Wildman–Crippen LogP) is 1.86. The van der Waals surface area contributed by atoms with Crippen molar-refractivity contribution in [3.8, 4) is 11.5 Å². The summed E-state index contributed by atoms with van der Waals surface area (Å²) in [6, 6.07) is 4.83. The van der Waals surface area contributed by atoms with Gasteiger partial charge < -0.3 is 24.4 Å². The summed E-state index contributed by atoms with van der Waals surface area (Å²) < 4.78 is 16.6. The summed E-state index contributed by atoms with van der Waals surface area (Å²) in [4.78, 5) is 11.9. The minimum atomic E-state index is -0.273. The molecular formula is C17H22O6S. The second-order valence-corrected chi connectivity index (χ2v) is 7.11. The highest BCUT2D eigenvalue weighted by Gasteiger charge is 2.43. The van der Waals surface area contributed by atoms with E-state index < -0.39 is 0 Å². The summed E-state index contributed by atoms with van der Waals surface area (Å²) >= 11 is 1.53. The van der Waals surface area contributed by atoms with Crippen LogP contribution in [0.25, 0.3) is 0 Å². The lowest BCUT2D eigenvalue weighted by Gasteiger charge is -2.16. The zero-order valence-electron chi connectivity index (χ0n) is 13.3. The first kappa shape index (κ1) is 17.4. The molecule has 0 spiro atoms. The Morgan fingerprint density at radius 2 is 2.17 bits per heavy atom. The van der Waals surface area contributed by atoms with E-state index in [1.54, 1.807) is 12.1 Å². The SMILES string of the molecule is O=C(CSCCCc1ccc(O)c(O)c1)OC1COC2CCOC21. The van der Waals surface area contributed by atoms with Gasteiger partial charge in [-0.1, -0.05) is 6.07 Å². The van der Waals surface area contributed by atoms with Gasteiger partial charge in [-0.05, 0) is 42.7 Å². The third kappa shape index (κ3) is 4.34. The molecule has 1 aromatic rings. The van der Waals surface area contributed by atoms with Crippen molar-refractivity contribution in [2.24, 2.45) is 0 Å². The van der Waals surface area contributed by atoms with E-state index in [0.29, 0.717) is 19.0 Å². The molecule has 0 bridgehead atoms. The van der Waals surface area contributed by atoms with Crippen molar-refractivity contribution in [1.82, 2.24) is 0 Å². The monoisotopic (exact) mass is 354 g/mol. The lowest BCUT2D eigenvalue weighted by molar-refractivity contribution is -0.150. The van der Waals surface area contributed by atoms with Crippen molar-refractivity contribution in [3.05, 3.63) is 23.8 Å². The van der Waals surface area contributed by atoms with Crippen LogP contribution in [-0.4, -0.2) is 59.2 Å². The first-order valence-electron chi connectivity index (χ1n) is 8.15. The molecular weight excluding hydrogens is 332 g/mol. The highest BCUT2D eigenvalue weighted by molar-refractivity contribution is 7.99. The Morgan fingerprint density at radius 3 is 3.00 bits per heavy atom. The van der Waals surface area contributed by atoms with Crippen molar-refractivity contribution in [1.29, 1.82) is 0 Å². The number of fused-ring (bicyclic) bond motifs is 1. The quantitative estimate of drug-likeness (QED) is 0.439. The van der Waals surface area contributed by atoms with Crippen LogP contribution in [0.1, 0.15) is 18.4 Å². The molecule has 2 aliphatic rings. The van der Waals surface area contributed by atoms with Crippen LogP contribution in [0.5, 0.6) is 11.5 Å². The number of carbonyl (C=O) groups excluding carboxylic acids is 1. The average molecular weight is 354 g/mol. The topological polar surface area (TPSA) is 85.2 Å². The van der Waals surface area contributed by atoms with Gasteiger partial charge >= 0.3 is 5.97 Å². The maximum atomic E-state index is 11.9. The molecule has 2 N–H and O–H groups in total. The van der Waals surface area contributed by atoms with E-state index in [1.807, 2.05) is 0 Å². The van der Waals surface area contributed by atoms with Gasteiger partial charge in [0.1, 0.15) is 6.10 Å². The normalized spacial score (nSPS) is 25.6. The molecule has 1 aromatic carbocycles. The Morgan fingerprint density at radius 1 is 1.29 bits per heavy atom. The number of ether oxygens (including phenoxy) is 3. The zero-order chi connectivity index (χ0) is 16.9. The number of aryl methyl sites for hydroxylation is 1. The molecule has 0 radical (unpaired) electrons. The van der Waals surface area contributed by atoms with E-state index in [0.717, 1.165) is 30.6 Å². The largest absolute Gasteiger partial charge is 0.504 e. The Kier molecular flexibility index (Phi) is 5.86. The first-order chi connectivity index (χ1) is 11.6. The summed E-state index contributed by atoms with van der Waals surface area (Å²) in [7, 11) is 0. The fraction of sp³-hybridized carbons (Fsp3) is 0.588. The van der Waals surface area contributed by atoms with Crippen molar-refractivity contribution in [2.45, 2.75) is 37.6 Å². The van der Waals surface area contributed by atoms with Gasteiger partial charge in [-0.25, -0.2) is 0 Å². The molecule has 132 valence electrons. The number of hydrogen-bond donors (Lipinski definition) is 2. The third-order valence-corrected chi connectivity index (χ3v) is 5.23. The average Bonchev–Trinajstić information content (AvgIpc) is 3.15. The van der Waals surface area contributed by atoms with Crippen molar-refractivity contribution in [3.63, 3.8) is 0 Å². The van der Waals surface area contributed by atoms with Crippen LogP contribution < -0.4 is 0 Å². The van der Waals surface area contributed by atoms with E-state index in [1.165, 1.54) is 17.8 Å². The van der Waals surface area contributed by atoms with Crippen LogP contribution in [0.2, 0.25) is 0 Å². The highest BCUT2D eigenvalue weighted by atomic mass is 32.2. The van der Waals surface area contributed by atoms with E-state index >= 15 is 0 Å². The van der Waals surface area contributed by atoms with Gasteiger partial charge in [-0.2, -0.15) is 11.8 Å².